The van der Waals surface area contributed by atoms with Gasteiger partial charge in [0.25, 0.3) is 0 Å². The summed E-state index contributed by atoms with van der Waals surface area (Å²) in [6.45, 7) is 9.13. The predicted molar refractivity (Wildman–Crippen MR) is 162 cm³/mol. The number of benzene rings is 1. The van der Waals surface area contributed by atoms with Gasteiger partial charge in [0.1, 0.15) is 17.9 Å². The van der Waals surface area contributed by atoms with Gasteiger partial charge in [-0.1, -0.05) is 18.2 Å². The number of esters is 2. The maximum absolute atomic E-state index is 14.3. The Morgan fingerprint density at radius 3 is 2.47 bits per heavy atom. The number of carbonyl (C=O) groups is 3. The van der Waals surface area contributed by atoms with E-state index >= 15 is 0 Å². The highest BCUT2D eigenvalue weighted by molar-refractivity contribution is 7.52. The summed E-state index contributed by atoms with van der Waals surface area (Å²) in [6, 6.07) is 6.64. The Morgan fingerprint density at radius 1 is 1.11 bits per heavy atom. The zero-order chi connectivity index (χ0) is 34.5. The van der Waals surface area contributed by atoms with E-state index in [0.717, 1.165) is 4.57 Å². The number of rotatable bonds is 15. The van der Waals surface area contributed by atoms with Crippen LogP contribution in [0.5, 0.6) is 5.75 Å². The standard InChI is InChI=1S/C29H39N4O13P/c1-16(2)41-23(34)12-11-19-9-7-8-10-20(19)46-47(39,32-18(5)25(35)42-17(3)4)40-15-21-24-29(6,45-28(37)44-24)26(43-21)33-14-13-22(31-38)30-27(33)36/h7-10,13-14,16-18,21,24,26,38H,11-12,15H2,1-6H3,(H,32,39)(H,30,31,36)/t18-,21+,24?,26+,29+,47?/m0/s1. The van der Waals surface area contributed by atoms with E-state index in [0.29, 0.717) is 5.56 Å². The molecule has 2 aromatic rings. The van der Waals surface area contributed by atoms with E-state index in [9.17, 15) is 23.7 Å². The van der Waals surface area contributed by atoms with Crippen LogP contribution in [0.3, 0.4) is 0 Å². The first-order valence-corrected chi connectivity index (χ1v) is 16.4. The number of hydrogen-bond donors (Lipinski definition) is 3. The van der Waals surface area contributed by atoms with Crippen molar-refractivity contribution in [3.05, 3.63) is 52.6 Å². The second kappa shape index (κ2) is 14.8. The highest BCUT2D eigenvalue weighted by Gasteiger charge is 2.64. The number of ether oxygens (including phenoxy) is 5. The molecule has 0 spiro atoms. The van der Waals surface area contributed by atoms with Crippen LogP contribution in [0.1, 0.15) is 59.8 Å². The lowest BCUT2D eigenvalue weighted by Crippen LogP contribution is -2.44. The van der Waals surface area contributed by atoms with Gasteiger partial charge in [0.2, 0.25) is 0 Å². The Balaban J connectivity index is 1.59. The van der Waals surface area contributed by atoms with Crippen LogP contribution in [0.4, 0.5) is 10.6 Å². The highest BCUT2D eigenvalue weighted by atomic mass is 31.2. The lowest BCUT2D eigenvalue weighted by Gasteiger charge is -2.26. The quantitative estimate of drug-likeness (QED) is 0.106. The Bertz CT molecular complexity index is 1570. The first-order valence-electron chi connectivity index (χ1n) is 14.9. The molecule has 0 amide bonds. The minimum atomic E-state index is -4.47. The van der Waals surface area contributed by atoms with E-state index in [4.69, 9.17) is 37.9 Å². The summed E-state index contributed by atoms with van der Waals surface area (Å²) in [5.74, 6) is -1.19. The van der Waals surface area contributed by atoms with E-state index in [1.54, 1.807) is 51.4 Å². The molecule has 2 aliphatic rings. The molecule has 47 heavy (non-hydrogen) atoms. The van der Waals surface area contributed by atoms with Crippen molar-refractivity contribution in [1.82, 2.24) is 14.6 Å². The molecule has 0 aliphatic carbocycles. The molecule has 1 aromatic carbocycles. The first-order chi connectivity index (χ1) is 22.1. The van der Waals surface area contributed by atoms with Crippen molar-refractivity contribution in [2.24, 2.45) is 0 Å². The molecule has 17 nitrogen and oxygen atoms in total. The van der Waals surface area contributed by atoms with Gasteiger partial charge < -0.3 is 28.2 Å². The summed E-state index contributed by atoms with van der Waals surface area (Å²) >= 11 is 0. The molecule has 2 unspecified atom stereocenters. The molecule has 2 fully saturated rings. The maximum Gasteiger partial charge on any atom is 0.509 e. The van der Waals surface area contributed by atoms with Crippen LogP contribution >= 0.6 is 7.75 Å². The Morgan fingerprint density at radius 2 is 1.81 bits per heavy atom. The molecule has 2 saturated heterocycles. The van der Waals surface area contributed by atoms with Crippen LogP contribution in [0.15, 0.2) is 41.3 Å². The van der Waals surface area contributed by atoms with E-state index in [-0.39, 0.29) is 30.5 Å². The molecular formula is C29H39N4O13P. The van der Waals surface area contributed by atoms with Gasteiger partial charge in [0, 0.05) is 12.6 Å². The third kappa shape index (κ3) is 8.67. The molecule has 0 saturated carbocycles. The topological polar surface area (TPSA) is 212 Å². The van der Waals surface area contributed by atoms with E-state index in [1.165, 1.54) is 32.2 Å². The summed E-state index contributed by atoms with van der Waals surface area (Å²) in [5, 5.41) is 11.7. The maximum atomic E-state index is 14.3. The number of nitrogens with one attached hydrogen (secondary N) is 2. The van der Waals surface area contributed by atoms with E-state index in [2.05, 4.69) is 10.1 Å². The van der Waals surface area contributed by atoms with Crippen molar-refractivity contribution in [1.29, 1.82) is 0 Å². The lowest BCUT2D eigenvalue weighted by molar-refractivity contribution is -0.149. The third-order valence-electron chi connectivity index (χ3n) is 7.04. The van der Waals surface area contributed by atoms with Gasteiger partial charge in [0.15, 0.2) is 23.8 Å². The smallest absolute Gasteiger partial charge is 0.463 e. The largest absolute Gasteiger partial charge is 0.509 e. The van der Waals surface area contributed by atoms with Gasteiger partial charge in [-0.05, 0) is 65.7 Å². The lowest BCUT2D eigenvalue weighted by atomic mass is 9.96. The second-order valence-electron chi connectivity index (χ2n) is 11.6. The molecule has 3 heterocycles. The van der Waals surface area contributed by atoms with E-state index in [1.807, 2.05) is 0 Å². The predicted octanol–water partition coefficient (Wildman–Crippen LogP) is 3.25. The minimum absolute atomic E-state index is 0.0146. The van der Waals surface area contributed by atoms with Gasteiger partial charge in [-0.15, -0.1) is 0 Å². The number of anilines is 1. The molecule has 6 atom stereocenters. The monoisotopic (exact) mass is 682 g/mol. The fraction of sp³-hybridized carbons (Fsp3) is 0.552. The Labute approximate surface area is 270 Å². The number of nitrogens with zero attached hydrogens (tertiary/aromatic N) is 2. The second-order valence-corrected chi connectivity index (χ2v) is 13.3. The number of hydrogen-bond acceptors (Lipinski definition) is 15. The van der Waals surface area contributed by atoms with Gasteiger partial charge >= 0.3 is 31.5 Å². The summed E-state index contributed by atoms with van der Waals surface area (Å²) in [6.07, 6.45) is -3.88. The van der Waals surface area contributed by atoms with Crippen LogP contribution in [-0.4, -0.2) is 75.5 Å². The van der Waals surface area contributed by atoms with Crippen molar-refractivity contribution in [3.8, 4) is 5.75 Å². The molecule has 1 aromatic heterocycles. The number of para-hydroxylation sites is 1. The molecule has 258 valence electrons. The highest BCUT2D eigenvalue weighted by Crippen LogP contribution is 2.50. The van der Waals surface area contributed by atoms with Crippen molar-refractivity contribution in [2.75, 3.05) is 12.1 Å². The summed E-state index contributed by atoms with van der Waals surface area (Å²) in [4.78, 5) is 53.5. The number of carbonyl (C=O) groups excluding carboxylic acids is 3. The fourth-order valence-electron chi connectivity index (χ4n) is 4.99. The molecule has 18 heteroatoms. The molecule has 3 N–H and O–H groups in total. The molecule has 2 aliphatic heterocycles. The van der Waals surface area contributed by atoms with E-state index < -0.39 is 74.3 Å². The fourth-order valence-corrected chi connectivity index (χ4v) is 6.53. The number of fused-ring (bicyclic) bond motifs is 1. The zero-order valence-corrected chi connectivity index (χ0v) is 27.6. The summed E-state index contributed by atoms with van der Waals surface area (Å²) in [5.41, 5.74) is -0.118. The average Bonchev–Trinajstić information content (AvgIpc) is 3.43. The molecule has 0 radical (unpaired) electrons. The average molecular weight is 683 g/mol. The number of aryl methyl sites for hydroxylation is 1. The molecular weight excluding hydrogens is 643 g/mol. The Kier molecular flexibility index (Phi) is 11.3. The van der Waals surface area contributed by atoms with Crippen LogP contribution in [-0.2, 0) is 48.8 Å². The third-order valence-corrected chi connectivity index (χ3v) is 8.67. The van der Waals surface area contributed by atoms with Gasteiger partial charge in [0.05, 0.1) is 18.8 Å². The summed E-state index contributed by atoms with van der Waals surface area (Å²) in [7, 11) is -4.47. The van der Waals surface area contributed by atoms with Crippen LogP contribution in [0, 0.1) is 0 Å². The van der Waals surface area contributed by atoms with Gasteiger partial charge in [-0.3, -0.25) is 29.4 Å². The zero-order valence-electron chi connectivity index (χ0n) is 26.7. The molecule has 0 bridgehead atoms. The van der Waals surface area contributed by atoms with Crippen LogP contribution in [0.2, 0.25) is 0 Å². The summed E-state index contributed by atoms with van der Waals surface area (Å²) < 4.78 is 54.4. The van der Waals surface area contributed by atoms with Crippen molar-refractivity contribution in [2.45, 2.75) is 96.7 Å². The Hall–Kier alpha value is -4.02. The molecule has 4 rings (SSSR count). The SMILES string of the molecule is CC(C)OC(=O)CCc1ccccc1OP(=O)(N[C@@H](C)C(=O)OC(C)C)OC[C@H]1O[C@@H](n2ccc(NO)nc2=O)[C@]2(C)OC(=O)OC12. The number of aromatic nitrogens is 2. The first kappa shape index (κ1) is 35.8. The van der Waals surface area contributed by atoms with Crippen molar-refractivity contribution >= 4 is 31.7 Å². The van der Waals surface area contributed by atoms with Crippen molar-refractivity contribution in [3.63, 3.8) is 0 Å². The van der Waals surface area contributed by atoms with Crippen LogP contribution < -0.4 is 20.8 Å². The van der Waals surface area contributed by atoms with Gasteiger partial charge in [-0.2, -0.15) is 10.1 Å². The normalized spacial score (nSPS) is 23.8. The minimum Gasteiger partial charge on any atom is -0.463 e. The van der Waals surface area contributed by atoms with Crippen LogP contribution in [0.25, 0.3) is 0 Å². The van der Waals surface area contributed by atoms with Gasteiger partial charge in [-0.25, -0.2) is 14.2 Å². The van der Waals surface area contributed by atoms with Crippen molar-refractivity contribution < 1.29 is 56.9 Å².